The van der Waals surface area contributed by atoms with Crippen LogP contribution in [0, 0.1) is 12.7 Å². The third-order valence-corrected chi connectivity index (χ3v) is 9.33. The monoisotopic (exact) mass is 710 g/mol. The zero-order valence-corrected chi connectivity index (χ0v) is 27.9. The maximum absolute atomic E-state index is 14.9. The van der Waals surface area contributed by atoms with Crippen molar-refractivity contribution in [3.63, 3.8) is 0 Å². The Morgan fingerprint density at radius 2 is 1.54 bits per heavy atom. The lowest BCUT2D eigenvalue weighted by atomic mass is 10.1. The maximum atomic E-state index is 14.9. The summed E-state index contributed by atoms with van der Waals surface area (Å²) < 4.78 is 58.0. The van der Waals surface area contributed by atoms with Crippen LogP contribution in [-0.4, -0.2) is 71.6 Å². The number of amides is 1. The van der Waals surface area contributed by atoms with Crippen LogP contribution in [0.15, 0.2) is 73.7 Å². The number of para-hydroxylation sites is 2. The smallest absolute Gasteiger partial charge is 0.258 e. The first-order valence-corrected chi connectivity index (χ1v) is 16.7. The SMILES string of the molecule is Cc1cc(F)c(C(=O)Nc2cccc3c2OC[C@H](CF)n2cnnc2-3)cc1-n1cnc(C2CC2)c1.Nc1cccc2c1OC[C@H](CF)n1cnnc1-2. The second-order valence-corrected chi connectivity index (χ2v) is 12.8. The van der Waals surface area contributed by atoms with Gasteiger partial charge >= 0.3 is 0 Å². The van der Waals surface area contributed by atoms with E-state index in [9.17, 15) is 18.0 Å². The van der Waals surface area contributed by atoms with Gasteiger partial charge in [-0.3, -0.25) is 4.79 Å². The minimum Gasteiger partial charge on any atom is -0.488 e. The summed E-state index contributed by atoms with van der Waals surface area (Å²) in [5.74, 6) is 1.14. The minimum atomic E-state index is -0.658. The molecule has 2 atom stereocenters. The van der Waals surface area contributed by atoms with Crippen LogP contribution in [-0.2, 0) is 0 Å². The van der Waals surface area contributed by atoms with Crippen molar-refractivity contribution in [1.29, 1.82) is 0 Å². The van der Waals surface area contributed by atoms with E-state index in [0.717, 1.165) is 24.1 Å². The van der Waals surface area contributed by atoms with E-state index < -0.39 is 37.2 Å². The lowest BCUT2D eigenvalue weighted by Crippen LogP contribution is -2.18. The number of hydrogen-bond acceptors (Lipinski definition) is 9. The lowest BCUT2D eigenvalue weighted by molar-refractivity contribution is 0.102. The highest BCUT2D eigenvalue weighted by Gasteiger charge is 2.29. The van der Waals surface area contributed by atoms with E-state index in [1.54, 1.807) is 46.7 Å². The maximum Gasteiger partial charge on any atom is 0.258 e. The Morgan fingerprint density at radius 3 is 2.19 bits per heavy atom. The summed E-state index contributed by atoms with van der Waals surface area (Å²) in [5.41, 5.74) is 10.3. The number of carbonyl (C=O) groups excluding carboxylic acids is 1. The molecule has 6 aromatic rings. The summed E-state index contributed by atoms with van der Waals surface area (Å²) >= 11 is 0. The van der Waals surface area contributed by atoms with Gasteiger partial charge in [-0.2, -0.15) is 0 Å². The largest absolute Gasteiger partial charge is 0.488 e. The van der Waals surface area contributed by atoms with Crippen LogP contribution in [0.3, 0.4) is 0 Å². The number of nitrogens with zero attached hydrogens (tertiary/aromatic N) is 8. The summed E-state index contributed by atoms with van der Waals surface area (Å²) in [7, 11) is 0. The van der Waals surface area contributed by atoms with E-state index in [4.69, 9.17) is 15.2 Å². The highest BCUT2D eigenvalue weighted by Crippen LogP contribution is 2.41. The third-order valence-electron chi connectivity index (χ3n) is 9.33. The van der Waals surface area contributed by atoms with E-state index >= 15 is 0 Å². The average molecular weight is 711 g/mol. The summed E-state index contributed by atoms with van der Waals surface area (Å²) in [4.78, 5) is 17.7. The average Bonchev–Trinajstić information content (AvgIpc) is 3.50. The second kappa shape index (κ2) is 13.5. The predicted molar refractivity (Wildman–Crippen MR) is 185 cm³/mol. The molecule has 266 valence electrons. The number of halogens is 3. The van der Waals surface area contributed by atoms with Crippen LogP contribution in [0.5, 0.6) is 11.5 Å². The molecule has 0 bridgehead atoms. The third kappa shape index (κ3) is 5.99. The molecular formula is C36H33F3N10O3. The van der Waals surface area contributed by atoms with Gasteiger partial charge in [-0.05, 0) is 61.7 Å². The first kappa shape index (κ1) is 33.0. The number of aryl methyl sites for hydroxylation is 1. The molecule has 1 amide bonds. The zero-order valence-electron chi connectivity index (χ0n) is 27.9. The summed E-state index contributed by atoms with van der Waals surface area (Å²) in [6, 6.07) is 12.4. The molecule has 3 aliphatic rings. The Balaban J connectivity index is 0.000000190. The molecule has 52 heavy (non-hydrogen) atoms. The number of nitrogens with one attached hydrogen (secondary N) is 1. The Morgan fingerprint density at radius 1 is 0.904 bits per heavy atom. The number of benzene rings is 3. The number of anilines is 2. The summed E-state index contributed by atoms with van der Waals surface area (Å²) in [6.45, 7) is 0.865. The van der Waals surface area contributed by atoms with Crippen molar-refractivity contribution < 1.29 is 27.4 Å². The number of rotatable bonds is 6. The molecule has 0 radical (unpaired) electrons. The molecule has 9 rings (SSSR count). The quantitative estimate of drug-likeness (QED) is 0.197. The molecule has 5 heterocycles. The number of alkyl halides is 2. The van der Waals surface area contributed by atoms with Crippen LogP contribution in [0.2, 0.25) is 0 Å². The van der Waals surface area contributed by atoms with Gasteiger partial charge in [-0.25, -0.2) is 18.2 Å². The van der Waals surface area contributed by atoms with Crippen LogP contribution >= 0.6 is 0 Å². The fourth-order valence-corrected chi connectivity index (χ4v) is 6.38. The molecule has 2 aliphatic heterocycles. The van der Waals surface area contributed by atoms with Gasteiger partial charge in [0.15, 0.2) is 23.1 Å². The molecule has 0 spiro atoms. The van der Waals surface area contributed by atoms with Crippen molar-refractivity contribution in [2.24, 2.45) is 0 Å². The molecule has 0 saturated heterocycles. The number of fused-ring (bicyclic) bond motifs is 6. The second-order valence-electron chi connectivity index (χ2n) is 12.8. The molecule has 3 N–H and O–H groups in total. The molecule has 3 aromatic carbocycles. The van der Waals surface area contributed by atoms with Crippen molar-refractivity contribution in [3.8, 4) is 40.0 Å². The lowest BCUT2D eigenvalue weighted by Gasteiger charge is -2.15. The molecule has 3 aromatic heterocycles. The van der Waals surface area contributed by atoms with Gasteiger partial charge in [-0.1, -0.05) is 12.1 Å². The van der Waals surface area contributed by atoms with E-state index in [0.29, 0.717) is 57.3 Å². The first-order chi connectivity index (χ1) is 25.3. The highest BCUT2D eigenvalue weighted by atomic mass is 19.1. The molecule has 1 saturated carbocycles. The number of carbonyl (C=O) groups is 1. The van der Waals surface area contributed by atoms with Gasteiger partial charge in [0.2, 0.25) is 0 Å². The number of nitrogen functional groups attached to an aromatic ring is 1. The summed E-state index contributed by atoms with van der Waals surface area (Å²) in [5, 5.41) is 18.6. The molecular weight excluding hydrogens is 677 g/mol. The highest BCUT2D eigenvalue weighted by molar-refractivity contribution is 6.06. The van der Waals surface area contributed by atoms with E-state index in [1.807, 2.05) is 22.9 Å². The van der Waals surface area contributed by atoms with Gasteiger partial charge in [0.05, 0.1) is 57.9 Å². The van der Waals surface area contributed by atoms with Gasteiger partial charge < -0.3 is 34.2 Å². The van der Waals surface area contributed by atoms with Crippen molar-refractivity contribution in [3.05, 3.63) is 96.3 Å². The van der Waals surface area contributed by atoms with Crippen molar-refractivity contribution >= 4 is 17.3 Å². The number of nitrogens with two attached hydrogens (primary N) is 1. The molecule has 13 nitrogen and oxygen atoms in total. The first-order valence-electron chi connectivity index (χ1n) is 16.7. The fraction of sp³-hybridized carbons (Fsp3) is 0.278. The Kier molecular flexibility index (Phi) is 8.56. The number of ether oxygens (including phenoxy) is 2. The molecule has 16 heteroatoms. The van der Waals surface area contributed by atoms with Crippen molar-refractivity contribution in [2.75, 3.05) is 37.6 Å². The minimum absolute atomic E-state index is 0.0361. The van der Waals surface area contributed by atoms with Crippen molar-refractivity contribution in [2.45, 2.75) is 37.8 Å². The number of aromatic nitrogens is 8. The fourth-order valence-electron chi connectivity index (χ4n) is 6.38. The van der Waals surface area contributed by atoms with Gasteiger partial charge in [0.1, 0.15) is 45.0 Å². The number of imidazole rings is 1. The zero-order chi connectivity index (χ0) is 35.9. The van der Waals surface area contributed by atoms with E-state index in [-0.39, 0.29) is 18.8 Å². The molecule has 0 unspecified atom stereocenters. The number of hydrogen-bond donors (Lipinski definition) is 2. The normalized spacial score (nSPS) is 17.1. The molecule has 1 fully saturated rings. The standard InChI is InChI=1S/C25H22F2N6O2.C11H11FN4O/c1-14-7-19(27)18(8-22(14)32-10-21(28-12-32)15-5-6-15)25(34)30-20-4-2-3-17-23(20)35-11-16(9-26)33-13-29-31-24(17)33;12-4-7-5-17-10-8(2-1-3-9(10)13)11-15-14-6-16(7)11/h2-4,7-8,10,12-13,15-16H,5-6,9,11H2,1H3,(H,30,34);1-3,6-7H,4-5,13H2/t16-;7-/m00/s1. The Labute approximate surface area is 295 Å². The van der Waals surface area contributed by atoms with Crippen LogP contribution in [0.25, 0.3) is 28.5 Å². The van der Waals surface area contributed by atoms with Gasteiger partial charge in [0.25, 0.3) is 5.91 Å². The Bertz CT molecular complexity index is 2280. The van der Waals surface area contributed by atoms with Crippen molar-refractivity contribution in [1.82, 2.24) is 39.1 Å². The van der Waals surface area contributed by atoms with Gasteiger partial charge in [-0.15, -0.1) is 20.4 Å². The van der Waals surface area contributed by atoms with Crippen LogP contribution in [0.4, 0.5) is 24.5 Å². The summed E-state index contributed by atoms with van der Waals surface area (Å²) in [6.07, 6.45) is 8.84. The van der Waals surface area contributed by atoms with E-state index in [2.05, 4.69) is 30.7 Å². The Hall–Kier alpha value is -6.19. The van der Waals surface area contributed by atoms with E-state index in [1.165, 1.54) is 24.8 Å². The molecule has 1 aliphatic carbocycles. The van der Waals surface area contributed by atoms with Crippen LogP contribution < -0.4 is 20.5 Å². The van der Waals surface area contributed by atoms with Crippen LogP contribution in [0.1, 0.15) is 52.5 Å². The van der Waals surface area contributed by atoms with Gasteiger partial charge in [0, 0.05) is 12.1 Å². The topological polar surface area (TPSA) is 153 Å². The predicted octanol–water partition coefficient (Wildman–Crippen LogP) is 6.04.